The molecule has 0 heterocycles. The second-order valence-corrected chi connectivity index (χ2v) is 6.32. The van der Waals surface area contributed by atoms with Gasteiger partial charge in [-0.3, -0.25) is 4.79 Å². The molecule has 1 heteroatoms. The fourth-order valence-corrected chi connectivity index (χ4v) is 3.63. The number of unbranched alkanes of at least 4 members (excludes halogenated alkanes) is 3. The molecule has 0 amide bonds. The first-order chi connectivity index (χ1) is 10.3. The zero-order chi connectivity index (χ0) is 15.0. The minimum Gasteiger partial charge on any atom is -0.299 e. The van der Waals surface area contributed by atoms with Crippen LogP contribution in [0.1, 0.15) is 69.8 Å². The summed E-state index contributed by atoms with van der Waals surface area (Å²) in [5.74, 6) is 0.479. The first-order valence-electron chi connectivity index (χ1n) is 8.49. The summed E-state index contributed by atoms with van der Waals surface area (Å²) < 4.78 is 0. The predicted octanol–water partition coefficient (Wildman–Crippen LogP) is 5.59. The zero-order valence-electron chi connectivity index (χ0n) is 13.2. The summed E-state index contributed by atoms with van der Waals surface area (Å²) in [5, 5.41) is 0. The number of rotatable bonds is 8. The largest absolute Gasteiger partial charge is 0.299 e. The Labute approximate surface area is 129 Å². The maximum absolute atomic E-state index is 12.9. The molecule has 1 fully saturated rings. The van der Waals surface area contributed by atoms with Crippen LogP contribution in [0.4, 0.5) is 0 Å². The molecule has 1 aromatic rings. The summed E-state index contributed by atoms with van der Waals surface area (Å²) in [7, 11) is 0. The molecule has 0 atom stereocenters. The Balaban J connectivity index is 2.02. The third-order valence-corrected chi connectivity index (χ3v) is 4.88. The van der Waals surface area contributed by atoms with Crippen LogP contribution < -0.4 is 0 Å². The number of hydrogen-bond donors (Lipinski definition) is 0. The van der Waals surface area contributed by atoms with Crippen LogP contribution in [0.25, 0.3) is 0 Å². The molecule has 0 spiro atoms. The van der Waals surface area contributed by atoms with E-state index in [1.807, 2.05) is 12.1 Å². The van der Waals surface area contributed by atoms with Gasteiger partial charge in [0.1, 0.15) is 5.78 Å². The van der Waals surface area contributed by atoms with E-state index in [2.05, 4.69) is 30.8 Å². The fraction of sp³-hybridized carbons (Fsp3) is 0.550. The molecule has 0 saturated heterocycles. The van der Waals surface area contributed by atoms with Crippen LogP contribution >= 0.6 is 0 Å². The monoisotopic (exact) mass is 284 g/mol. The highest BCUT2D eigenvalue weighted by molar-refractivity contribution is 5.90. The number of carbonyl (C=O) groups is 1. The van der Waals surface area contributed by atoms with Crippen LogP contribution in [0, 0.1) is 0 Å². The van der Waals surface area contributed by atoms with Gasteiger partial charge in [0.2, 0.25) is 0 Å². The van der Waals surface area contributed by atoms with Gasteiger partial charge in [-0.05, 0) is 37.7 Å². The quantitative estimate of drug-likeness (QED) is 0.449. The number of ketones is 1. The topological polar surface area (TPSA) is 17.1 Å². The Hall–Kier alpha value is -1.37. The van der Waals surface area contributed by atoms with Gasteiger partial charge < -0.3 is 0 Å². The van der Waals surface area contributed by atoms with Gasteiger partial charge in [0.05, 0.1) is 5.41 Å². The van der Waals surface area contributed by atoms with Crippen molar-refractivity contribution in [3.63, 3.8) is 0 Å². The highest BCUT2D eigenvalue weighted by atomic mass is 16.1. The van der Waals surface area contributed by atoms with Crippen molar-refractivity contribution in [2.45, 2.75) is 69.6 Å². The Kier molecular flexibility index (Phi) is 6.22. The Bertz CT molecular complexity index is 440. The minimum atomic E-state index is -0.183. The molecule has 1 nitrogen and oxygen atoms in total. The molecule has 0 aliphatic heterocycles. The number of hydrogen-bond acceptors (Lipinski definition) is 1. The van der Waals surface area contributed by atoms with Crippen LogP contribution in [-0.2, 0) is 10.2 Å². The normalized spacial score (nSPS) is 17.3. The molecule has 1 saturated carbocycles. The van der Waals surface area contributed by atoms with Crippen molar-refractivity contribution in [3.05, 3.63) is 48.6 Å². The predicted molar refractivity (Wildman–Crippen MR) is 89.5 cm³/mol. The Morgan fingerprint density at radius 1 is 1.05 bits per heavy atom. The van der Waals surface area contributed by atoms with Crippen molar-refractivity contribution in [1.29, 1.82) is 0 Å². The van der Waals surface area contributed by atoms with Gasteiger partial charge in [-0.25, -0.2) is 0 Å². The lowest BCUT2D eigenvalue weighted by atomic mass is 9.66. The van der Waals surface area contributed by atoms with Crippen molar-refractivity contribution in [1.82, 2.24) is 0 Å². The molecule has 0 N–H and O–H groups in total. The maximum Gasteiger partial charge on any atom is 0.143 e. The van der Waals surface area contributed by atoms with Gasteiger partial charge >= 0.3 is 0 Å². The summed E-state index contributed by atoms with van der Waals surface area (Å²) in [6.45, 7) is 3.75. The van der Waals surface area contributed by atoms with Crippen LogP contribution in [-0.4, -0.2) is 5.78 Å². The van der Waals surface area contributed by atoms with E-state index in [-0.39, 0.29) is 5.41 Å². The molecule has 0 unspecified atom stereocenters. The van der Waals surface area contributed by atoms with Crippen molar-refractivity contribution in [2.24, 2.45) is 0 Å². The lowest BCUT2D eigenvalue weighted by molar-refractivity contribution is -0.126. The maximum atomic E-state index is 12.9. The smallest absolute Gasteiger partial charge is 0.143 e. The second-order valence-electron chi connectivity index (χ2n) is 6.32. The van der Waals surface area contributed by atoms with Gasteiger partial charge in [0.25, 0.3) is 0 Å². The van der Waals surface area contributed by atoms with E-state index in [0.717, 1.165) is 44.9 Å². The van der Waals surface area contributed by atoms with Crippen molar-refractivity contribution < 1.29 is 4.79 Å². The average Bonchev–Trinajstić information content (AvgIpc) is 2.56. The summed E-state index contributed by atoms with van der Waals surface area (Å²) in [5.41, 5.74) is 1.07. The number of allylic oxidation sites excluding steroid dienone is 1. The van der Waals surface area contributed by atoms with E-state index >= 15 is 0 Å². The molecule has 0 radical (unpaired) electrons. The fourth-order valence-electron chi connectivity index (χ4n) is 3.63. The van der Waals surface area contributed by atoms with Crippen LogP contribution in [0.5, 0.6) is 0 Å². The van der Waals surface area contributed by atoms with Gasteiger partial charge in [-0.1, -0.05) is 62.1 Å². The second kappa shape index (κ2) is 8.17. The first-order valence-corrected chi connectivity index (χ1v) is 8.49. The molecule has 21 heavy (non-hydrogen) atoms. The molecule has 0 bridgehead atoms. The van der Waals surface area contributed by atoms with Gasteiger partial charge in [-0.15, -0.1) is 6.58 Å². The molecular formula is C20H28O. The summed E-state index contributed by atoms with van der Waals surface area (Å²) in [6, 6.07) is 10.5. The number of carbonyl (C=O) groups excluding carboxylic acids is 1. The van der Waals surface area contributed by atoms with Gasteiger partial charge in [-0.2, -0.15) is 0 Å². The standard InChI is InChI=1S/C20H28O/c1-2-3-4-5-10-15-19(21)20(16-11-7-12-17-20)18-13-8-6-9-14-18/h2,6,8-9,13-14H,1,3-5,7,10-12,15-17H2. The first kappa shape index (κ1) is 16.0. The summed E-state index contributed by atoms with van der Waals surface area (Å²) in [6.07, 6.45) is 12.9. The summed E-state index contributed by atoms with van der Waals surface area (Å²) in [4.78, 5) is 12.9. The Morgan fingerprint density at radius 3 is 2.43 bits per heavy atom. The number of benzene rings is 1. The van der Waals surface area contributed by atoms with Gasteiger partial charge in [0.15, 0.2) is 0 Å². The molecular weight excluding hydrogens is 256 g/mol. The highest BCUT2D eigenvalue weighted by Gasteiger charge is 2.39. The van der Waals surface area contributed by atoms with Crippen LogP contribution in [0.3, 0.4) is 0 Å². The molecule has 2 rings (SSSR count). The zero-order valence-corrected chi connectivity index (χ0v) is 13.2. The van der Waals surface area contributed by atoms with E-state index < -0.39 is 0 Å². The van der Waals surface area contributed by atoms with Gasteiger partial charge in [0, 0.05) is 6.42 Å². The van der Waals surface area contributed by atoms with Crippen LogP contribution in [0.15, 0.2) is 43.0 Å². The van der Waals surface area contributed by atoms with E-state index in [1.54, 1.807) is 0 Å². The average molecular weight is 284 g/mol. The SMILES string of the molecule is C=CCCCCCC(=O)C1(c2ccccc2)CCCCC1. The van der Waals surface area contributed by atoms with Crippen molar-refractivity contribution in [3.8, 4) is 0 Å². The Morgan fingerprint density at radius 2 is 1.76 bits per heavy atom. The summed E-state index contributed by atoms with van der Waals surface area (Å²) >= 11 is 0. The molecule has 1 aliphatic rings. The molecule has 114 valence electrons. The van der Waals surface area contributed by atoms with E-state index in [9.17, 15) is 4.79 Å². The van der Waals surface area contributed by atoms with E-state index in [0.29, 0.717) is 5.78 Å². The minimum absolute atomic E-state index is 0.183. The third kappa shape index (κ3) is 4.06. The highest BCUT2D eigenvalue weighted by Crippen LogP contribution is 2.41. The van der Waals surface area contributed by atoms with Crippen LogP contribution in [0.2, 0.25) is 0 Å². The van der Waals surface area contributed by atoms with E-state index in [4.69, 9.17) is 0 Å². The lowest BCUT2D eigenvalue weighted by Crippen LogP contribution is -2.37. The lowest BCUT2D eigenvalue weighted by Gasteiger charge is -2.36. The third-order valence-electron chi connectivity index (χ3n) is 4.88. The molecule has 1 aliphatic carbocycles. The molecule has 0 aromatic heterocycles. The van der Waals surface area contributed by atoms with Crippen molar-refractivity contribution >= 4 is 5.78 Å². The number of Topliss-reactive ketones (excluding diaryl/α,β-unsaturated/α-hetero) is 1. The molecule has 1 aromatic carbocycles. The van der Waals surface area contributed by atoms with E-state index in [1.165, 1.54) is 24.8 Å². The van der Waals surface area contributed by atoms with Crippen molar-refractivity contribution in [2.75, 3.05) is 0 Å².